The van der Waals surface area contributed by atoms with E-state index < -0.39 is 5.97 Å². The van der Waals surface area contributed by atoms with Gasteiger partial charge in [-0.3, -0.25) is 0 Å². The van der Waals surface area contributed by atoms with E-state index in [1.807, 2.05) is 12.3 Å². The van der Waals surface area contributed by atoms with Gasteiger partial charge in [0.05, 0.1) is 16.3 Å². The van der Waals surface area contributed by atoms with Crippen molar-refractivity contribution in [3.8, 4) is 10.9 Å². The summed E-state index contributed by atoms with van der Waals surface area (Å²) in [4.78, 5) is 15.0. The molecule has 1 aromatic heterocycles. The Balaban J connectivity index is 2.28. The van der Waals surface area contributed by atoms with Crippen molar-refractivity contribution in [2.45, 2.75) is 6.92 Å². The van der Waals surface area contributed by atoms with Gasteiger partial charge in [0.15, 0.2) is 0 Å². The van der Waals surface area contributed by atoms with Crippen molar-refractivity contribution in [3.05, 3.63) is 39.9 Å². The van der Waals surface area contributed by atoms with Crippen LogP contribution in [0.1, 0.15) is 16.1 Å². The summed E-state index contributed by atoms with van der Waals surface area (Å²) in [7, 11) is 0. The number of hydrogen-bond donors (Lipinski definition) is 1. The van der Waals surface area contributed by atoms with Crippen molar-refractivity contribution < 1.29 is 14.6 Å². The molecule has 0 radical (unpaired) electrons. The number of hydrogen-bond acceptors (Lipinski definition) is 4. The number of benzene rings is 1. The first-order valence-electron chi connectivity index (χ1n) is 4.69. The summed E-state index contributed by atoms with van der Waals surface area (Å²) in [6, 6.07) is 4.47. The van der Waals surface area contributed by atoms with Gasteiger partial charge in [-0.25, -0.2) is 9.78 Å². The van der Waals surface area contributed by atoms with E-state index in [0.717, 1.165) is 5.69 Å². The second-order valence-corrected chi connectivity index (χ2v) is 4.53. The summed E-state index contributed by atoms with van der Waals surface area (Å²) in [5, 5.41) is 11.4. The summed E-state index contributed by atoms with van der Waals surface area (Å²) in [6.45, 7) is 1.86. The fourth-order valence-electron chi connectivity index (χ4n) is 1.21. The Labute approximate surface area is 106 Å². The van der Waals surface area contributed by atoms with Crippen molar-refractivity contribution >= 4 is 28.9 Å². The molecule has 2 rings (SSSR count). The number of carboxylic acid groups (broad SMARTS) is 1. The molecule has 1 heterocycles. The average molecular weight is 270 g/mol. The van der Waals surface area contributed by atoms with Gasteiger partial charge in [0, 0.05) is 5.38 Å². The summed E-state index contributed by atoms with van der Waals surface area (Å²) < 4.78 is 5.43. The second-order valence-electron chi connectivity index (χ2n) is 3.30. The van der Waals surface area contributed by atoms with Gasteiger partial charge in [0.1, 0.15) is 5.75 Å². The summed E-state index contributed by atoms with van der Waals surface area (Å²) in [5.41, 5.74) is 0.870. The number of aromatic carboxylic acids is 1. The summed E-state index contributed by atoms with van der Waals surface area (Å²) in [6.07, 6.45) is 0. The molecule has 0 unspecified atom stereocenters. The Morgan fingerprint density at radius 3 is 2.88 bits per heavy atom. The monoisotopic (exact) mass is 269 g/mol. The Morgan fingerprint density at radius 2 is 2.29 bits per heavy atom. The molecule has 0 aliphatic rings. The largest absolute Gasteiger partial charge is 0.478 e. The van der Waals surface area contributed by atoms with E-state index in [-0.39, 0.29) is 10.6 Å². The van der Waals surface area contributed by atoms with Gasteiger partial charge in [-0.15, -0.1) is 0 Å². The third kappa shape index (κ3) is 2.75. The van der Waals surface area contributed by atoms with Gasteiger partial charge < -0.3 is 9.84 Å². The topological polar surface area (TPSA) is 59.4 Å². The summed E-state index contributed by atoms with van der Waals surface area (Å²) >= 11 is 7.10. The zero-order chi connectivity index (χ0) is 12.4. The normalized spacial score (nSPS) is 10.2. The molecule has 0 saturated carbocycles. The van der Waals surface area contributed by atoms with Crippen LogP contribution >= 0.6 is 22.9 Å². The maximum absolute atomic E-state index is 10.9. The van der Waals surface area contributed by atoms with Gasteiger partial charge in [0.25, 0.3) is 5.19 Å². The van der Waals surface area contributed by atoms with Crippen LogP contribution in [0.3, 0.4) is 0 Å². The van der Waals surface area contributed by atoms with Crippen LogP contribution in [0.2, 0.25) is 5.02 Å². The molecule has 88 valence electrons. The van der Waals surface area contributed by atoms with E-state index >= 15 is 0 Å². The van der Waals surface area contributed by atoms with Crippen LogP contribution < -0.4 is 4.74 Å². The number of aromatic nitrogens is 1. The van der Waals surface area contributed by atoms with Crippen LogP contribution in [0.4, 0.5) is 0 Å². The molecule has 6 heteroatoms. The van der Waals surface area contributed by atoms with E-state index in [2.05, 4.69) is 4.98 Å². The molecule has 0 bridgehead atoms. The lowest BCUT2D eigenvalue weighted by molar-refractivity contribution is 0.0696. The number of aryl methyl sites for hydroxylation is 1. The highest BCUT2D eigenvalue weighted by Gasteiger charge is 2.11. The Kier molecular flexibility index (Phi) is 3.31. The first-order valence-corrected chi connectivity index (χ1v) is 5.95. The molecule has 0 atom stereocenters. The molecule has 0 fully saturated rings. The van der Waals surface area contributed by atoms with Gasteiger partial charge in [0.2, 0.25) is 0 Å². The fourth-order valence-corrected chi connectivity index (χ4v) is 2.08. The van der Waals surface area contributed by atoms with E-state index in [1.165, 1.54) is 23.5 Å². The molecule has 1 N–H and O–H groups in total. The molecule has 4 nitrogen and oxygen atoms in total. The average Bonchev–Trinajstić information content (AvgIpc) is 2.66. The van der Waals surface area contributed by atoms with Crippen LogP contribution in [-0.4, -0.2) is 16.1 Å². The first kappa shape index (κ1) is 11.9. The van der Waals surface area contributed by atoms with Crippen molar-refractivity contribution in [2.24, 2.45) is 0 Å². The van der Waals surface area contributed by atoms with E-state index in [0.29, 0.717) is 10.9 Å². The fraction of sp³-hybridized carbons (Fsp3) is 0.0909. The zero-order valence-electron chi connectivity index (χ0n) is 8.81. The van der Waals surface area contributed by atoms with Gasteiger partial charge in [-0.2, -0.15) is 0 Å². The lowest BCUT2D eigenvalue weighted by Crippen LogP contribution is -1.97. The Hall–Kier alpha value is -1.59. The quantitative estimate of drug-likeness (QED) is 0.925. The van der Waals surface area contributed by atoms with Crippen LogP contribution in [0.15, 0.2) is 23.6 Å². The number of thiazole rings is 1. The molecule has 1 aromatic carbocycles. The minimum atomic E-state index is -1.09. The highest BCUT2D eigenvalue weighted by atomic mass is 35.5. The third-order valence-electron chi connectivity index (χ3n) is 1.97. The SMILES string of the molecule is Cc1csc(Oc2ccc(Cl)c(C(=O)O)c2)n1. The third-order valence-corrected chi connectivity index (χ3v) is 3.14. The minimum Gasteiger partial charge on any atom is -0.478 e. The maximum Gasteiger partial charge on any atom is 0.337 e. The smallest absolute Gasteiger partial charge is 0.337 e. The number of ether oxygens (including phenoxy) is 1. The molecule has 0 aliphatic carbocycles. The van der Waals surface area contributed by atoms with E-state index in [4.69, 9.17) is 21.4 Å². The Bertz CT molecular complexity index is 568. The molecule has 0 amide bonds. The number of carbonyl (C=O) groups is 1. The number of carboxylic acids is 1. The molecule has 0 aliphatic heterocycles. The van der Waals surface area contributed by atoms with Crippen LogP contribution in [0, 0.1) is 6.92 Å². The van der Waals surface area contributed by atoms with Gasteiger partial charge in [-0.05, 0) is 25.1 Å². The molecule has 2 aromatic rings. The maximum atomic E-state index is 10.9. The lowest BCUT2D eigenvalue weighted by atomic mass is 10.2. The Morgan fingerprint density at radius 1 is 1.53 bits per heavy atom. The summed E-state index contributed by atoms with van der Waals surface area (Å²) in [5.74, 6) is -0.683. The molecule has 0 spiro atoms. The van der Waals surface area contributed by atoms with Crippen LogP contribution in [0.25, 0.3) is 0 Å². The molecular formula is C11H8ClNO3S. The highest BCUT2D eigenvalue weighted by molar-refractivity contribution is 7.11. The number of rotatable bonds is 3. The molecular weight excluding hydrogens is 262 g/mol. The van der Waals surface area contributed by atoms with Crippen LogP contribution in [0.5, 0.6) is 10.9 Å². The van der Waals surface area contributed by atoms with Crippen molar-refractivity contribution in [1.82, 2.24) is 4.98 Å². The molecule has 17 heavy (non-hydrogen) atoms. The predicted molar refractivity (Wildman–Crippen MR) is 65.3 cm³/mol. The van der Waals surface area contributed by atoms with Crippen molar-refractivity contribution in [1.29, 1.82) is 0 Å². The standard InChI is InChI=1S/C11H8ClNO3S/c1-6-5-17-11(13-6)16-7-2-3-9(12)8(4-7)10(14)15/h2-5H,1H3,(H,14,15). The zero-order valence-corrected chi connectivity index (χ0v) is 10.4. The van der Waals surface area contributed by atoms with E-state index in [9.17, 15) is 4.79 Å². The van der Waals surface area contributed by atoms with E-state index in [1.54, 1.807) is 6.07 Å². The van der Waals surface area contributed by atoms with Crippen molar-refractivity contribution in [2.75, 3.05) is 0 Å². The lowest BCUT2D eigenvalue weighted by Gasteiger charge is -2.04. The van der Waals surface area contributed by atoms with Crippen molar-refractivity contribution in [3.63, 3.8) is 0 Å². The van der Waals surface area contributed by atoms with Crippen LogP contribution in [-0.2, 0) is 0 Å². The number of halogens is 1. The number of nitrogens with zero attached hydrogens (tertiary/aromatic N) is 1. The minimum absolute atomic E-state index is 0.0115. The predicted octanol–water partition coefficient (Wildman–Crippen LogP) is 3.60. The molecule has 0 saturated heterocycles. The van der Waals surface area contributed by atoms with Gasteiger partial charge >= 0.3 is 5.97 Å². The first-order chi connectivity index (χ1) is 8.06. The highest BCUT2D eigenvalue weighted by Crippen LogP contribution is 2.28. The second kappa shape index (κ2) is 4.73. The van der Waals surface area contributed by atoms with Gasteiger partial charge in [-0.1, -0.05) is 22.9 Å².